The van der Waals surface area contributed by atoms with E-state index in [9.17, 15) is 0 Å². The number of allylic oxidation sites excluding steroid dienone is 1. The first-order valence-electron chi connectivity index (χ1n) is 7.67. The van der Waals surface area contributed by atoms with Gasteiger partial charge < -0.3 is 4.90 Å². The zero-order valence-corrected chi connectivity index (χ0v) is 12.9. The Hall–Kier alpha value is -0.800. The molecule has 0 amide bonds. The molecule has 0 spiro atoms. The lowest BCUT2D eigenvalue weighted by atomic mass is 10.1. The molecule has 3 unspecified atom stereocenters. The number of likely N-dealkylation sites (N-methyl/N-ethyl adjacent to an activating group) is 1. The number of nitrogens with zero attached hydrogens (tertiary/aromatic N) is 2. The maximum absolute atomic E-state index is 4.39. The van der Waals surface area contributed by atoms with E-state index in [1.165, 1.54) is 18.5 Å². The average Bonchev–Trinajstić information content (AvgIpc) is 2.79. The molecular formula is C16H29N3. The SMILES string of the molecule is C=C1C(NC)N(C(C)C)CC2CCC(/C=C/CC)N12. The van der Waals surface area contributed by atoms with Crippen LogP contribution in [0.4, 0.5) is 0 Å². The highest BCUT2D eigenvalue weighted by molar-refractivity contribution is 5.18. The first-order chi connectivity index (χ1) is 9.10. The Kier molecular flexibility index (Phi) is 4.69. The molecule has 3 atom stereocenters. The van der Waals surface area contributed by atoms with Crippen molar-refractivity contribution >= 4 is 0 Å². The molecule has 1 N–H and O–H groups in total. The highest BCUT2D eigenvalue weighted by Crippen LogP contribution is 2.35. The summed E-state index contributed by atoms with van der Waals surface area (Å²) in [5, 5.41) is 3.44. The van der Waals surface area contributed by atoms with Gasteiger partial charge in [0.25, 0.3) is 0 Å². The molecule has 0 aliphatic carbocycles. The van der Waals surface area contributed by atoms with Crippen molar-refractivity contribution < 1.29 is 0 Å². The topological polar surface area (TPSA) is 18.5 Å². The van der Waals surface area contributed by atoms with Gasteiger partial charge in [0.15, 0.2) is 0 Å². The van der Waals surface area contributed by atoms with Crippen molar-refractivity contribution in [3.63, 3.8) is 0 Å². The molecule has 3 heteroatoms. The lowest BCUT2D eigenvalue weighted by molar-refractivity contribution is 0.0485. The van der Waals surface area contributed by atoms with Crippen LogP contribution < -0.4 is 5.32 Å². The fourth-order valence-electron chi connectivity index (χ4n) is 3.54. The van der Waals surface area contributed by atoms with Crippen molar-refractivity contribution in [3.05, 3.63) is 24.4 Å². The minimum atomic E-state index is 0.284. The van der Waals surface area contributed by atoms with Crippen molar-refractivity contribution in [2.24, 2.45) is 0 Å². The third-order valence-electron chi connectivity index (χ3n) is 4.48. The van der Waals surface area contributed by atoms with Gasteiger partial charge in [-0.15, -0.1) is 0 Å². The molecule has 2 aliphatic rings. The lowest BCUT2D eigenvalue weighted by Gasteiger charge is -2.49. The second-order valence-electron chi connectivity index (χ2n) is 6.02. The lowest BCUT2D eigenvalue weighted by Crippen LogP contribution is -2.61. The quantitative estimate of drug-likeness (QED) is 0.787. The largest absolute Gasteiger partial charge is 0.362 e. The van der Waals surface area contributed by atoms with Crippen LogP contribution in [0, 0.1) is 0 Å². The van der Waals surface area contributed by atoms with E-state index in [1.807, 2.05) is 7.05 Å². The number of hydrogen-bond acceptors (Lipinski definition) is 3. The molecule has 2 heterocycles. The molecule has 0 aromatic heterocycles. The highest BCUT2D eigenvalue weighted by atomic mass is 15.4. The van der Waals surface area contributed by atoms with E-state index < -0.39 is 0 Å². The molecule has 0 saturated carbocycles. The normalized spacial score (nSPS) is 32.6. The van der Waals surface area contributed by atoms with Gasteiger partial charge >= 0.3 is 0 Å². The molecule has 2 rings (SSSR count). The Morgan fingerprint density at radius 1 is 1.42 bits per heavy atom. The predicted octanol–water partition coefficient (Wildman–Crippen LogP) is 2.57. The summed E-state index contributed by atoms with van der Waals surface area (Å²) in [4.78, 5) is 5.10. The van der Waals surface area contributed by atoms with Crippen LogP contribution in [-0.4, -0.2) is 47.7 Å². The number of piperazine rings is 1. The average molecular weight is 263 g/mol. The van der Waals surface area contributed by atoms with Gasteiger partial charge in [-0.1, -0.05) is 25.7 Å². The second kappa shape index (κ2) is 6.10. The van der Waals surface area contributed by atoms with Gasteiger partial charge in [-0.2, -0.15) is 0 Å². The Morgan fingerprint density at radius 3 is 2.74 bits per heavy atom. The van der Waals surface area contributed by atoms with Crippen LogP contribution in [0.5, 0.6) is 0 Å². The zero-order chi connectivity index (χ0) is 14.0. The molecule has 2 aliphatic heterocycles. The molecule has 2 fully saturated rings. The second-order valence-corrected chi connectivity index (χ2v) is 6.02. The fourth-order valence-corrected chi connectivity index (χ4v) is 3.54. The summed E-state index contributed by atoms with van der Waals surface area (Å²) < 4.78 is 0. The predicted molar refractivity (Wildman–Crippen MR) is 81.9 cm³/mol. The van der Waals surface area contributed by atoms with Crippen LogP contribution in [-0.2, 0) is 0 Å². The molecule has 0 radical (unpaired) electrons. The third-order valence-corrected chi connectivity index (χ3v) is 4.48. The van der Waals surface area contributed by atoms with Crippen molar-refractivity contribution in [2.45, 2.75) is 64.3 Å². The molecule has 0 aromatic rings. The first-order valence-corrected chi connectivity index (χ1v) is 7.67. The van der Waals surface area contributed by atoms with E-state index in [0.29, 0.717) is 18.1 Å². The Bertz CT molecular complexity index is 348. The minimum absolute atomic E-state index is 0.284. The number of hydrogen-bond donors (Lipinski definition) is 1. The van der Waals surface area contributed by atoms with Gasteiger partial charge in [0, 0.05) is 30.4 Å². The molecule has 0 bridgehead atoms. The summed E-state index contributed by atoms with van der Waals surface area (Å²) in [6, 6.07) is 1.76. The van der Waals surface area contributed by atoms with Gasteiger partial charge in [0.1, 0.15) is 6.17 Å². The number of nitrogens with one attached hydrogen (secondary N) is 1. The van der Waals surface area contributed by atoms with Crippen LogP contribution in [0.25, 0.3) is 0 Å². The summed E-state index contributed by atoms with van der Waals surface area (Å²) in [6.45, 7) is 12.3. The van der Waals surface area contributed by atoms with E-state index >= 15 is 0 Å². The van der Waals surface area contributed by atoms with Gasteiger partial charge in [0.2, 0.25) is 0 Å². The van der Waals surface area contributed by atoms with Crippen molar-refractivity contribution in [1.29, 1.82) is 0 Å². The molecule has 0 aromatic carbocycles. The Morgan fingerprint density at radius 2 is 2.16 bits per heavy atom. The van der Waals surface area contributed by atoms with Crippen molar-refractivity contribution in [3.8, 4) is 0 Å². The van der Waals surface area contributed by atoms with E-state index in [0.717, 1.165) is 13.0 Å². The molecule has 108 valence electrons. The maximum Gasteiger partial charge on any atom is 0.101 e. The van der Waals surface area contributed by atoms with Crippen molar-refractivity contribution in [2.75, 3.05) is 13.6 Å². The molecule has 3 nitrogen and oxygen atoms in total. The van der Waals surface area contributed by atoms with Gasteiger partial charge in [-0.3, -0.25) is 10.2 Å². The maximum atomic E-state index is 4.39. The smallest absolute Gasteiger partial charge is 0.101 e. The Labute approximate surface area is 118 Å². The zero-order valence-electron chi connectivity index (χ0n) is 12.9. The number of fused-ring (bicyclic) bond motifs is 1. The fraction of sp³-hybridized carbons (Fsp3) is 0.750. The molecule has 19 heavy (non-hydrogen) atoms. The summed E-state index contributed by atoms with van der Waals surface area (Å²) >= 11 is 0. The highest BCUT2D eigenvalue weighted by Gasteiger charge is 2.42. The summed E-state index contributed by atoms with van der Waals surface area (Å²) in [5.74, 6) is 0. The minimum Gasteiger partial charge on any atom is -0.362 e. The third kappa shape index (κ3) is 2.72. The summed E-state index contributed by atoms with van der Waals surface area (Å²) in [7, 11) is 2.04. The van der Waals surface area contributed by atoms with E-state index in [2.05, 4.69) is 54.6 Å². The van der Waals surface area contributed by atoms with E-state index in [4.69, 9.17) is 0 Å². The van der Waals surface area contributed by atoms with Crippen LogP contribution >= 0.6 is 0 Å². The van der Waals surface area contributed by atoms with Gasteiger partial charge in [-0.25, -0.2) is 0 Å². The first kappa shape index (κ1) is 14.6. The van der Waals surface area contributed by atoms with Gasteiger partial charge in [0.05, 0.1) is 0 Å². The summed E-state index contributed by atoms with van der Waals surface area (Å²) in [5.41, 5.74) is 1.25. The number of rotatable bonds is 4. The van der Waals surface area contributed by atoms with Crippen LogP contribution in [0.3, 0.4) is 0 Å². The van der Waals surface area contributed by atoms with E-state index in [1.54, 1.807) is 0 Å². The Balaban J connectivity index is 2.18. The van der Waals surface area contributed by atoms with Crippen molar-refractivity contribution in [1.82, 2.24) is 15.1 Å². The van der Waals surface area contributed by atoms with E-state index in [-0.39, 0.29) is 6.17 Å². The van der Waals surface area contributed by atoms with Crippen LogP contribution in [0.1, 0.15) is 40.0 Å². The standard InChI is InChI=1S/C16H29N3/c1-6-7-8-14-9-10-15-11-18(12(2)3)16(17-5)13(4)19(14)15/h7-8,12,14-17H,4,6,9-11H2,1-3,5H3/b8-7+. The monoisotopic (exact) mass is 263 g/mol. The molecular weight excluding hydrogens is 234 g/mol. The summed E-state index contributed by atoms with van der Waals surface area (Å²) in [6.07, 6.45) is 8.63. The van der Waals surface area contributed by atoms with Crippen LogP contribution in [0.2, 0.25) is 0 Å². The van der Waals surface area contributed by atoms with Gasteiger partial charge in [-0.05, 0) is 40.2 Å². The molecule has 2 saturated heterocycles. The van der Waals surface area contributed by atoms with Crippen LogP contribution in [0.15, 0.2) is 24.4 Å².